The van der Waals surface area contributed by atoms with Gasteiger partial charge in [-0.3, -0.25) is 0 Å². The molecule has 0 atom stereocenters. The van der Waals surface area contributed by atoms with Crippen molar-refractivity contribution in [3.05, 3.63) is 35.9 Å². The van der Waals surface area contributed by atoms with Gasteiger partial charge in [0.05, 0.1) is 17.1 Å². The second-order valence-corrected chi connectivity index (χ2v) is 4.84. The van der Waals surface area contributed by atoms with Crippen molar-refractivity contribution in [1.29, 1.82) is 5.26 Å². The SMILES string of the molecule is N#Cc1cc(NN2CCCCC2)nc2ccccc12. The van der Waals surface area contributed by atoms with E-state index >= 15 is 0 Å². The number of aromatic nitrogens is 1. The number of anilines is 1. The zero-order valence-electron chi connectivity index (χ0n) is 10.8. The monoisotopic (exact) mass is 252 g/mol. The second kappa shape index (κ2) is 5.25. The lowest BCUT2D eigenvalue weighted by Crippen LogP contribution is -2.35. The van der Waals surface area contributed by atoms with Crippen LogP contribution in [0.25, 0.3) is 10.9 Å². The number of nitrogens with one attached hydrogen (secondary N) is 1. The van der Waals surface area contributed by atoms with E-state index < -0.39 is 0 Å². The summed E-state index contributed by atoms with van der Waals surface area (Å²) >= 11 is 0. The number of rotatable bonds is 2. The molecule has 1 aromatic heterocycles. The predicted octanol–water partition coefficient (Wildman–Crippen LogP) is 2.92. The van der Waals surface area contributed by atoms with Gasteiger partial charge in [-0.1, -0.05) is 24.6 Å². The fourth-order valence-electron chi connectivity index (χ4n) is 2.49. The Morgan fingerprint density at radius 1 is 1.16 bits per heavy atom. The molecule has 0 aliphatic carbocycles. The molecule has 1 saturated heterocycles. The molecule has 2 heterocycles. The average molecular weight is 252 g/mol. The van der Waals surface area contributed by atoms with E-state index in [0.29, 0.717) is 5.56 Å². The minimum atomic E-state index is 0.671. The van der Waals surface area contributed by atoms with Gasteiger partial charge in [0.1, 0.15) is 5.82 Å². The quantitative estimate of drug-likeness (QED) is 0.892. The highest BCUT2D eigenvalue weighted by atomic mass is 15.5. The molecule has 1 aliphatic heterocycles. The van der Waals surface area contributed by atoms with Crippen molar-refractivity contribution in [3.63, 3.8) is 0 Å². The molecule has 0 saturated carbocycles. The normalized spacial score (nSPS) is 16.2. The third-order valence-electron chi connectivity index (χ3n) is 3.47. The van der Waals surface area contributed by atoms with E-state index in [1.54, 1.807) is 0 Å². The number of piperidine rings is 1. The van der Waals surface area contributed by atoms with Crippen LogP contribution in [0.4, 0.5) is 5.82 Å². The number of nitrogens with zero attached hydrogens (tertiary/aromatic N) is 3. The van der Waals surface area contributed by atoms with Gasteiger partial charge in [-0.15, -0.1) is 0 Å². The number of fused-ring (bicyclic) bond motifs is 1. The Labute approximate surface area is 112 Å². The maximum Gasteiger partial charge on any atom is 0.142 e. The van der Waals surface area contributed by atoms with Gasteiger partial charge in [-0.25, -0.2) is 9.99 Å². The summed E-state index contributed by atoms with van der Waals surface area (Å²) in [6.07, 6.45) is 3.73. The van der Waals surface area contributed by atoms with Crippen LogP contribution < -0.4 is 5.43 Å². The van der Waals surface area contributed by atoms with E-state index in [1.807, 2.05) is 30.3 Å². The van der Waals surface area contributed by atoms with Gasteiger partial charge in [0.2, 0.25) is 0 Å². The third kappa shape index (κ3) is 2.51. The average Bonchev–Trinajstić information content (AvgIpc) is 2.47. The molecule has 1 aliphatic rings. The van der Waals surface area contributed by atoms with Crippen molar-refractivity contribution in [2.75, 3.05) is 18.5 Å². The van der Waals surface area contributed by atoms with E-state index in [4.69, 9.17) is 0 Å². The van der Waals surface area contributed by atoms with E-state index in [-0.39, 0.29) is 0 Å². The van der Waals surface area contributed by atoms with Crippen LogP contribution in [-0.2, 0) is 0 Å². The Morgan fingerprint density at radius 3 is 2.74 bits per heavy atom. The Balaban J connectivity index is 1.93. The minimum absolute atomic E-state index is 0.671. The first-order chi connectivity index (χ1) is 9.36. The van der Waals surface area contributed by atoms with Crippen LogP contribution in [0.2, 0.25) is 0 Å². The molecule has 1 aromatic carbocycles. The van der Waals surface area contributed by atoms with Crippen molar-refractivity contribution >= 4 is 16.7 Å². The molecule has 19 heavy (non-hydrogen) atoms. The van der Waals surface area contributed by atoms with Crippen LogP contribution >= 0.6 is 0 Å². The Kier molecular flexibility index (Phi) is 3.30. The minimum Gasteiger partial charge on any atom is -0.303 e. The zero-order chi connectivity index (χ0) is 13.1. The molecule has 0 bridgehead atoms. The number of benzene rings is 1. The topological polar surface area (TPSA) is 52.0 Å². The number of hydrogen-bond donors (Lipinski definition) is 1. The fourth-order valence-corrected chi connectivity index (χ4v) is 2.49. The third-order valence-corrected chi connectivity index (χ3v) is 3.47. The van der Waals surface area contributed by atoms with Crippen molar-refractivity contribution < 1.29 is 0 Å². The van der Waals surface area contributed by atoms with Crippen molar-refractivity contribution in [2.24, 2.45) is 0 Å². The van der Waals surface area contributed by atoms with E-state index in [2.05, 4.69) is 21.5 Å². The van der Waals surface area contributed by atoms with Crippen LogP contribution in [0.1, 0.15) is 24.8 Å². The molecular weight excluding hydrogens is 236 g/mol. The number of hydrazine groups is 1. The summed E-state index contributed by atoms with van der Waals surface area (Å²) in [4.78, 5) is 4.57. The smallest absolute Gasteiger partial charge is 0.142 e. The first kappa shape index (κ1) is 11.9. The summed E-state index contributed by atoms with van der Waals surface area (Å²) in [5, 5.41) is 12.3. The lowest BCUT2D eigenvalue weighted by Gasteiger charge is -2.27. The predicted molar refractivity (Wildman–Crippen MR) is 75.5 cm³/mol. The van der Waals surface area contributed by atoms with Gasteiger partial charge in [0, 0.05) is 24.5 Å². The van der Waals surface area contributed by atoms with Crippen LogP contribution in [0.15, 0.2) is 30.3 Å². The molecule has 0 amide bonds. The van der Waals surface area contributed by atoms with Crippen molar-refractivity contribution in [2.45, 2.75) is 19.3 Å². The van der Waals surface area contributed by atoms with Gasteiger partial charge in [-0.05, 0) is 18.9 Å². The summed E-state index contributed by atoms with van der Waals surface area (Å²) < 4.78 is 0. The van der Waals surface area contributed by atoms with E-state index in [0.717, 1.165) is 29.8 Å². The van der Waals surface area contributed by atoms with Crippen LogP contribution in [0.5, 0.6) is 0 Å². The molecule has 1 fully saturated rings. The lowest BCUT2D eigenvalue weighted by atomic mass is 10.1. The van der Waals surface area contributed by atoms with Gasteiger partial charge >= 0.3 is 0 Å². The summed E-state index contributed by atoms with van der Waals surface area (Å²) in [5.41, 5.74) is 4.85. The molecule has 0 unspecified atom stereocenters. The van der Waals surface area contributed by atoms with Crippen LogP contribution in [-0.4, -0.2) is 23.1 Å². The zero-order valence-corrected chi connectivity index (χ0v) is 10.8. The van der Waals surface area contributed by atoms with Gasteiger partial charge < -0.3 is 5.43 Å². The second-order valence-electron chi connectivity index (χ2n) is 4.84. The number of hydrogen-bond acceptors (Lipinski definition) is 4. The lowest BCUT2D eigenvalue weighted by molar-refractivity contribution is 0.272. The van der Waals surface area contributed by atoms with Gasteiger partial charge in [0.15, 0.2) is 0 Å². The Bertz CT molecular complexity index is 624. The Hall–Kier alpha value is -2.12. The van der Waals surface area contributed by atoms with Crippen molar-refractivity contribution in [1.82, 2.24) is 9.99 Å². The highest BCUT2D eigenvalue weighted by Gasteiger charge is 2.11. The molecule has 4 heteroatoms. The van der Waals surface area contributed by atoms with Crippen LogP contribution in [0, 0.1) is 11.3 Å². The maximum atomic E-state index is 9.25. The Morgan fingerprint density at radius 2 is 1.95 bits per heavy atom. The summed E-state index contributed by atoms with van der Waals surface area (Å²) in [7, 11) is 0. The molecular formula is C15H16N4. The molecule has 0 radical (unpaired) electrons. The molecule has 1 N–H and O–H groups in total. The number of pyridine rings is 1. The first-order valence-corrected chi connectivity index (χ1v) is 6.68. The van der Waals surface area contributed by atoms with E-state index in [9.17, 15) is 5.26 Å². The highest BCUT2D eigenvalue weighted by molar-refractivity contribution is 5.86. The standard InChI is InChI=1S/C15H16N4/c16-11-12-10-15(18-19-8-4-1-5-9-19)17-14-7-3-2-6-13(12)14/h2-3,6-7,10H,1,4-5,8-9H2,(H,17,18). The van der Waals surface area contributed by atoms with E-state index in [1.165, 1.54) is 19.3 Å². The number of nitriles is 1. The largest absolute Gasteiger partial charge is 0.303 e. The maximum absolute atomic E-state index is 9.25. The summed E-state index contributed by atoms with van der Waals surface area (Å²) in [5.74, 6) is 0.761. The van der Waals surface area contributed by atoms with Gasteiger partial charge in [0.25, 0.3) is 0 Å². The fraction of sp³-hybridized carbons (Fsp3) is 0.333. The highest BCUT2D eigenvalue weighted by Crippen LogP contribution is 2.21. The number of para-hydroxylation sites is 1. The molecule has 4 nitrogen and oxygen atoms in total. The molecule has 3 rings (SSSR count). The molecule has 2 aromatic rings. The first-order valence-electron chi connectivity index (χ1n) is 6.68. The molecule has 96 valence electrons. The summed E-state index contributed by atoms with van der Waals surface area (Å²) in [6, 6.07) is 11.8. The summed E-state index contributed by atoms with van der Waals surface area (Å²) in [6.45, 7) is 2.08. The van der Waals surface area contributed by atoms with Gasteiger partial charge in [-0.2, -0.15) is 5.26 Å². The van der Waals surface area contributed by atoms with Crippen LogP contribution in [0.3, 0.4) is 0 Å². The van der Waals surface area contributed by atoms with Crippen molar-refractivity contribution in [3.8, 4) is 6.07 Å². The molecule has 0 spiro atoms.